The molecule has 1 atom stereocenters. The lowest BCUT2D eigenvalue weighted by Gasteiger charge is -2.18. The highest BCUT2D eigenvalue weighted by Gasteiger charge is 2.19. The lowest BCUT2D eigenvalue weighted by Crippen LogP contribution is -2.30. The van der Waals surface area contributed by atoms with E-state index in [0.29, 0.717) is 19.3 Å². The molecule has 6 nitrogen and oxygen atoms in total. The van der Waals surface area contributed by atoms with Crippen molar-refractivity contribution in [1.29, 1.82) is 0 Å². The Labute approximate surface area is 446 Å². The van der Waals surface area contributed by atoms with Crippen LogP contribution in [0.1, 0.15) is 310 Å². The molecule has 1 unspecified atom stereocenters. The SMILES string of the molecule is CC/C=C\C/C=C\C/C=C\C/C=C\CCCCCCCCCCCCCCCCCCCCCCCCC(=O)OCC(COC(=O)CCCCCCC)OC(=O)CCCCCCC/C=C\C/C=C\CCCC. The van der Waals surface area contributed by atoms with Crippen molar-refractivity contribution < 1.29 is 28.6 Å². The van der Waals surface area contributed by atoms with Crippen LogP contribution in [0.2, 0.25) is 0 Å². The predicted octanol–water partition coefficient (Wildman–Crippen LogP) is 20.9. The van der Waals surface area contributed by atoms with Crippen molar-refractivity contribution in [2.24, 2.45) is 0 Å². The summed E-state index contributed by atoms with van der Waals surface area (Å²) in [5.41, 5.74) is 0. The maximum atomic E-state index is 12.7. The molecule has 0 aliphatic rings. The molecule has 0 N–H and O–H groups in total. The Kier molecular flexibility index (Phi) is 57.8. The second-order valence-electron chi connectivity index (χ2n) is 20.6. The molecule has 0 saturated heterocycles. The smallest absolute Gasteiger partial charge is 0.306 e. The van der Waals surface area contributed by atoms with Gasteiger partial charge in [-0.05, 0) is 83.5 Å². The minimum Gasteiger partial charge on any atom is -0.462 e. The van der Waals surface area contributed by atoms with E-state index in [1.165, 1.54) is 154 Å². The summed E-state index contributed by atoms with van der Waals surface area (Å²) in [6.07, 6.45) is 78.3. The van der Waals surface area contributed by atoms with Gasteiger partial charge in [-0.15, -0.1) is 0 Å². The minimum atomic E-state index is -0.775. The van der Waals surface area contributed by atoms with Crippen LogP contribution in [0.25, 0.3) is 0 Å². The first-order valence-electron chi connectivity index (χ1n) is 30.9. The summed E-state index contributed by atoms with van der Waals surface area (Å²) in [6, 6.07) is 0. The van der Waals surface area contributed by atoms with E-state index in [9.17, 15) is 14.4 Å². The molecule has 0 aromatic heterocycles. The molecule has 0 spiro atoms. The van der Waals surface area contributed by atoms with Gasteiger partial charge in [0, 0.05) is 19.3 Å². The number of hydrogen-bond acceptors (Lipinski definition) is 6. The Morgan fingerprint density at radius 3 is 0.889 bits per heavy atom. The minimum absolute atomic E-state index is 0.0771. The number of hydrogen-bond donors (Lipinski definition) is 0. The van der Waals surface area contributed by atoms with Crippen LogP contribution >= 0.6 is 0 Å². The van der Waals surface area contributed by atoms with Crippen LogP contribution in [0.5, 0.6) is 0 Å². The Morgan fingerprint density at radius 1 is 0.292 bits per heavy atom. The third-order valence-electron chi connectivity index (χ3n) is 13.4. The van der Waals surface area contributed by atoms with Crippen molar-refractivity contribution in [2.45, 2.75) is 316 Å². The lowest BCUT2D eigenvalue weighted by molar-refractivity contribution is -0.167. The van der Waals surface area contributed by atoms with Gasteiger partial charge in [0.15, 0.2) is 6.10 Å². The fourth-order valence-electron chi connectivity index (χ4n) is 8.81. The molecular formula is C66H116O6. The Balaban J connectivity index is 3.87. The summed E-state index contributed by atoms with van der Waals surface area (Å²) in [6.45, 7) is 6.41. The average Bonchev–Trinajstić information content (AvgIpc) is 3.38. The van der Waals surface area contributed by atoms with E-state index >= 15 is 0 Å². The third kappa shape index (κ3) is 57.7. The lowest BCUT2D eigenvalue weighted by atomic mass is 10.0. The van der Waals surface area contributed by atoms with Crippen LogP contribution in [-0.2, 0) is 28.6 Å². The number of allylic oxidation sites excluding steroid dienone is 12. The fraction of sp³-hybridized carbons (Fsp3) is 0.773. The van der Waals surface area contributed by atoms with Crippen LogP contribution in [-0.4, -0.2) is 37.2 Å². The normalized spacial score (nSPS) is 12.5. The molecule has 0 aliphatic carbocycles. The first-order chi connectivity index (χ1) is 35.5. The average molecular weight is 1010 g/mol. The second-order valence-corrected chi connectivity index (χ2v) is 20.6. The van der Waals surface area contributed by atoms with Gasteiger partial charge >= 0.3 is 17.9 Å². The molecule has 0 heterocycles. The summed E-state index contributed by atoms with van der Waals surface area (Å²) in [5, 5.41) is 0. The highest BCUT2D eigenvalue weighted by Crippen LogP contribution is 2.17. The summed E-state index contributed by atoms with van der Waals surface area (Å²) < 4.78 is 16.7. The first-order valence-corrected chi connectivity index (χ1v) is 30.9. The van der Waals surface area contributed by atoms with E-state index < -0.39 is 6.10 Å². The molecule has 0 fully saturated rings. The number of rotatable bonds is 56. The van der Waals surface area contributed by atoms with Gasteiger partial charge in [0.05, 0.1) is 0 Å². The molecule has 0 amide bonds. The third-order valence-corrected chi connectivity index (χ3v) is 13.4. The van der Waals surface area contributed by atoms with Gasteiger partial charge in [-0.25, -0.2) is 0 Å². The molecular weight excluding hydrogens is 889 g/mol. The highest BCUT2D eigenvalue weighted by atomic mass is 16.6. The molecule has 0 aliphatic heterocycles. The predicted molar refractivity (Wildman–Crippen MR) is 311 cm³/mol. The summed E-state index contributed by atoms with van der Waals surface area (Å²) >= 11 is 0. The van der Waals surface area contributed by atoms with E-state index in [1.807, 2.05) is 0 Å². The maximum Gasteiger partial charge on any atom is 0.306 e. The number of carbonyl (C=O) groups excluding carboxylic acids is 3. The second kappa shape index (κ2) is 60.4. The molecule has 0 rings (SSSR count). The number of ether oxygens (including phenoxy) is 3. The zero-order chi connectivity index (χ0) is 52.2. The van der Waals surface area contributed by atoms with Crippen molar-refractivity contribution in [3.8, 4) is 0 Å². The van der Waals surface area contributed by atoms with Crippen molar-refractivity contribution in [2.75, 3.05) is 13.2 Å². The summed E-state index contributed by atoms with van der Waals surface area (Å²) in [4.78, 5) is 37.8. The van der Waals surface area contributed by atoms with Crippen LogP contribution in [0.3, 0.4) is 0 Å². The molecule has 0 radical (unpaired) electrons. The van der Waals surface area contributed by atoms with Crippen LogP contribution in [0.4, 0.5) is 0 Å². The van der Waals surface area contributed by atoms with Gasteiger partial charge in [-0.2, -0.15) is 0 Å². The topological polar surface area (TPSA) is 78.9 Å². The number of carbonyl (C=O) groups is 3. The molecule has 0 aromatic rings. The van der Waals surface area contributed by atoms with Crippen molar-refractivity contribution in [1.82, 2.24) is 0 Å². The van der Waals surface area contributed by atoms with Gasteiger partial charge in [0.25, 0.3) is 0 Å². The Bertz CT molecular complexity index is 1340. The molecule has 72 heavy (non-hydrogen) atoms. The van der Waals surface area contributed by atoms with E-state index in [0.717, 1.165) is 116 Å². The van der Waals surface area contributed by atoms with E-state index in [1.54, 1.807) is 0 Å². The molecule has 0 saturated carbocycles. The van der Waals surface area contributed by atoms with Crippen LogP contribution in [0.15, 0.2) is 72.9 Å². The largest absolute Gasteiger partial charge is 0.462 e. The summed E-state index contributed by atoms with van der Waals surface area (Å²) in [7, 11) is 0. The van der Waals surface area contributed by atoms with Crippen molar-refractivity contribution in [3.05, 3.63) is 72.9 Å². The van der Waals surface area contributed by atoms with Gasteiger partial charge in [0.1, 0.15) is 13.2 Å². The van der Waals surface area contributed by atoms with Crippen LogP contribution < -0.4 is 0 Å². The Morgan fingerprint density at radius 2 is 0.556 bits per heavy atom. The van der Waals surface area contributed by atoms with Crippen molar-refractivity contribution >= 4 is 17.9 Å². The van der Waals surface area contributed by atoms with Gasteiger partial charge in [0.2, 0.25) is 0 Å². The number of esters is 3. The first kappa shape index (κ1) is 68.8. The Hall–Kier alpha value is -3.15. The zero-order valence-corrected chi connectivity index (χ0v) is 47.7. The molecule has 0 aromatic carbocycles. The van der Waals surface area contributed by atoms with Gasteiger partial charge < -0.3 is 14.2 Å². The molecule has 416 valence electrons. The molecule has 0 bridgehead atoms. The summed E-state index contributed by atoms with van der Waals surface area (Å²) in [5.74, 6) is -0.895. The number of unbranched alkanes of at least 4 members (excludes halogenated alkanes) is 33. The van der Waals surface area contributed by atoms with E-state index in [4.69, 9.17) is 14.2 Å². The maximum absolute atomic E-state index is 12.7. The monoisotopic (exact) mass is 1000 g/mol. The standard InChI is InChI=1S/C66H116O6/c1-4-7-10-13-15-17-19-21-23-24-25-26-27-28-29-30-31-32-33-34-35-36-37-38-39-40-41-42-43-45-46-48-50-53-56-59-65(68)71-62-63(61-70-64(67)58-55-52-12-9-6-3)72-66(69)60-57-54-51-49-47-44-22-20-18-16-14-11-8-5-2/h7,10,14-17,20-23,25-26,63H,4-6,8-9,11-13,18-19,24,27-62H2,1-3H3/b10-7-,16-14-,17-15-,22-20-,23-21-,26-25-. The molecule has 6 heteroatoms. The quantitative estimate of drug-likeness (QED) is 0.0261. The van der Waals surface area contributed by atoms with Crippen LogP contribution in [0, 0.1) is 0 Å². The van der Waals surface area contributed by atoms with Gasteiger partial charge in [-0.3, -0.25) is 14.4 Å². The zero-order valence-electron chi connectivity index (χ0n) is 47.7. The fourth-order valence-corrected chi connectivity index (χ4v) is 8.81. The van der Waals surface area contributed by atoms with E-state index in [-0.39, 0.29) is 31.1 Å². The van der Waals surface area contributed by atoms with E-state index in [2.05, 4.69) is 93.7 Å². The highest BCUT2D eigenvalue weighted by molar-refractivity contribution is 5.71. The van der Waals surface area contributed by atoms with Gasteiger partial charge in [-0.1, -0.05) is 280 Å². The van der Waals surface area contributed by atoms with Crippen molar-refractivity contribution in [3.63, 3.8) is 0 Å².